The zero-order chi connectivity index (χ0) is 25.9. The minimum Gasteiger partial charge on any atom is -0.376 e. The number of hydrogen-bond acceptors (Lipinski definition) is 7. The van der Waals surface area contributed by atoms with Crippen LogP contribution >= 0.6 is 35.3 Å². The summed E-state index contributed by atoms with van der Waals surface area (Å²) in [4.78, 5) is 31.5. The fourth-order valence-corrected chi connectivity index (χ4v) is 6.51. The SMILES string of the molecule is CCc1ccc(-n2c(=S)sc3c(=O)n(-c4ccccc4C)c(SCC(=O)NCC4CCCO4)nc32)cc1. The summed E-state index contributed by atoms with van der Waals surface area (Å²) in [5.74, 6) is 0.00979. The van der Waals surface area contributed by atoms with E-state index >= 15 is 0 Å². The average Bonchev–Trinajstić information content (AvgIpc) is 3.54. The van der Waals surface area contributed by atoms with Gasteiger partial charge in [0, 0.05) is 18.8 Å². The highest BCUT2D eigenvalue weighted by molar-refractivity contribution is 7.99. The van der Waals surface area contributed by atoms with E-state index in [0.29, 0.717) is 26.0 Å². The van der Waals surface area contributed by atoms with E-state index in [1.165, 1.54) is 28.7 Å². The molecule has 1 aliphatic rings. The van der Waals surface area contributed by atoms with E-state index in [9.17, 15) is 9.59 Å². The number of nitrogens with one attached hydrogen (secondary N) is 1. The van der Waals surface area contributed by atoms with Gasteiger partial charge in [-0.15, -0.1) is 0 Å². The molecule has 1 atom stereocenters. The molecule has 2 aromatic carbocycles. The molecular formula is C27H28N4O3S3. The maximum absolute atomic E-state index is 13.9. The maximum atomic E-state index is 13.9. The molecule has 0 bridgehead atoms. The molecule has 1 unspecified atom stereocenters. The number of amides is 1. The number of para-hydroxylation sites is 1. The lowest BCUT2D eigenvalue weighted by atomic mass is 10.1. The molecule has 0 spiro atoms. The first kappa shape index (κ1) is 25.8. The molecule has 192 valence electrons. The third-order valence-corrected chi connectivity index (χ3v) is 8.71. The Morgan fingerprint density at radius 2 is 2.00 bits per heavy atom. The molecule has 5 rings (SSSR count). The number of nitrogens with zero attached hydrogens (tertiary/aromatic N) is 3. The fraction of sp³-hybridized carbons (Fsp3) is 0.333. The molecule has 1 N–H and O–H groups in total. The van der Waals surface area contributed by atoms with Gasteiger partial charge in [-0.3, -0.25) is 18.7 Å². The Kier molecular flexibility index (Phi) is 7.89. The van der Waals surface area contributed by atoms with Crippen molar-refractivity contribution in [2.45, 2.75) is 44.4 Å². The fourth-order valence-electron chi connectivity index (χ4n) is 4.38. The number of fused-ring (bicyclic) bond motifs is 1. The minimum absolute atomic E-state index is 0.0721. The van der Waals surface area contributed by atoms with Crippen LogP contribution in [0.15, 0.2) is 58.5 Å². The molecule has 10 heteroatoms. The van der Waals surface area contributed by atoms with Crippen molar-refractivity contribution in [2.75, 3.05) is 18.9 Å². The Balaban J connectivity index is 1.56. The van der Waals surface area contributed by atoms with Crippen molar-refractivity contribution in [2.24, 2.45) is 0 Å². The highest BCUT2D eigenvalue weighted by Crippen LogP contribution is 2.28. The van der Waals surface area contributed by atoms with Crippen molar-refractivity contribution in [1.29, 1.82) is 0 Å². The molecule has 0 aliphatic carbocycles. The van der Waals surface area contributed by atoms with Crippen LogP contribution in [0, 0.1) is 10.9 Å². The summed E-state index contributed by atoms with van der Waals surface area (Å²) in [6, 6.07) is 15.8. The van der Waals surface area contributed by atoms with E-state index in [4.69, 9.17) is 21.9 Å². The van der Waals surface area contributed by atoms with Gasteiger partial charge in [0.05, 0.1) is 17.5 Å². The van der Waals surface area contributed by atoms with Gasteiger partial charge >= 0.3 is 0 Å². The summed E-state index contributed by atoms with van der Waals surface area (Å²) in [7, 11) is 0. The number of carbonyl (C=O) groups is 1. The predicted molar refractivity (Wildman–Crippen MR) is 152 cm³/mol. The number of aryl methyl sites for hydroxylation is 2. The molecule has 1 fully saturated rings. The van der Waals surface area contributed by atoms with Gasteiger partial charge < -0.3 is 10.1 Å². The first-order chi connectivity index (χ1) is 18.0. The molecule has 0 saturated carbocycles. The molecule has 2 aromatic heterocycles. The van der Waals surface area contributed by atoms with Gasteiger partial charge in [-0.2, -0.15) is 0 Å². The summed E-state index contributed by atoms with van der Waals surface area (Å²) < 4.78 is 10.1. The highest BCUT2D eigenvalue weighted by Gasteiger charge is 2.21. The van der Waals surface area contributed by atoms with Crippen LogP contribution in [0.1, 0.15) is 30.9 Å². The second-order valence-corrected chi connectivity index (χ2v) is 11.5. The van der Waals surface area contributed by atoms with Crippen molar-refractivity contribution in [1.82, 2.24) is 19.4 Å². The molecular weight excluding hydrogens is 525 g/mol. The van der Waals surface area contributed by atoms with Gasteiger partial charge in [0.2, 0.25) is 5.91 Å². The molecule has 1 saturated heterocycles. The lowest BCUT2D eigenvalue weighted by molar-refractivity contribution is -0.119. The van der Waals surface area contributed by atoms with Gasteiger partial charge in [0.25, 0.3) is 5.56 Å². The molecule has 4 aromatic rings. The number of aromatic nitrogens is 3. The normalized spacial score (nSPS) is 15.4. The summed E-state index contributed by atoms with van der Waals surface area (Å²) in [5.41, 5.74) is 4.07. The minimum atomic E-state index is -0.193. The summed E-state index contributed by atoms with van der Waals surface area (Å²) >= 11 is 8.19. The van der Waals surface area contributed by atoms with Crippen LogP contribution in [-0.2, 0) is 16.0 Å². The Morgan fingerprint density at radius 3 is 2.70 bits per heavy atom. The smallest absolute Gasteiger partial charge is 0.278 e. The molecule has 1 aliphatic heterocycles. The van der Waals surface area contributed by atoms with Gasteiger partial charge in [-0.1, -0.05) is 60.4 Å². The largest absolute Gasteiger partial charge is 0.376 e. The van der Waals surface area contributed by atoms with Crippen LogP contribution in [0.2, 0.25) is 0 Å². The molecule has 7 nitrogen and oxygen atoms in total. The van der Waals surface area contributed by atoms with Crippen LogP contribution in [-0.4, -0.2) is 45.0 Å². The van der Waals surface area contributed by atoms with Crippen molar-refractivity contribution in [3.8, 4) is 11.4 Å². The van der Waals surface area contributed by atoms with Crippen LogP contribution < -0.4 is 10.9 Å². The number of thioether (sulfide) groups is 1. The topological polar surface area (TPSA) is 78.2 Å². The summed E-state index contributed by atoms with van der Waals surface area (Å²) in [5, 5.41) is 3.40. The van der Waals surface area contributed by atoms with E-state index < -0.39 is 0 Å². The molecule has 1 amide bonds. The number of ether oxygens (including phenoxy) is 1. The first-order valence-corrected chi connectivity index (χ1v) is 14.5. The zero-order valence-corrected chi connectivity index (χ0v) is 23.2. The van der Waals surface area contributed by atoms with Crippen molar-refractivity contribution >= 4 is 51.6 Å². The van der Waals surface area contributed by atoms with E-state index in [1.54, 1.807) is 4.57 Å². The van der Waals surface area contributed by atoms with E-state index in [-0.39, 0.29) is 23.3 Å². The number of carbonyl (C=O) groups excluding carboxylic acids is 1. The van der Waals surface area contributed by atoms with Gasteiger partial charge in [-0.25, -0.2) is 4.98 Å². The predicted octanol–water partition coefficient (Wildman–Crippen LogP) is 5.23. The first-order valence-electron chi connectivity index (χ1n) is 12.3. The second kappa shape index (κ2) is 11.3. The monoisotopic (exact) mass is 552 g/mol. The summed E-state index contributed by atoms with van der Waals surface area (Å²) in [6.45, 7) is 5.30. The third kappa shape index (κ3) is 5.43. The van der Waals surface area contributed by atoms with E-state index in [1.807, 2.05) is 47.9 Å². The van der Waals surface area contributed by atoms with Crippen LogP contribution in [0.5, 0.6) is 0 Å². The Bertz CT molecular complexity index is 1550. The zero-order valence-electron chi connectivity index (χ0n) is 20.7. The Hall–Kier alpha value is -2.79. The quantitative estimate of drug-likeness (QED) is 0.183. The lowest BCUT2D eigenvalue weighted by Crippen LogP contribution is -2.33. The van der Waals surface area contributed by atoms with Crippen LogP contribution in [0.4, 0.5) is 0 Å². The lowest BCUT2D eigenvalue weighted by Gasteiger charge is -2.15. The average molecular weight is 553 g/mol. The Labute approximate surface area is 228 Å². The van der Waals surface area contributed by atoms with E-state index in [2.05, 4.69) is 24.4 Å². The number of thiazole rings is 1. The standard InChI is InChI=1S/C27H28N4O3S3/c1-3-18-10-12-19(13-11-18)30-24-23(37-27(30)35)25(33)31(21-9-5-4-7-17(21)2)26(29-24)36-16-22(32)28-15-20-8-6-14-34-20/h4-5,7,9-13,20H,3,6,8,14-16H2,1-2H3,(H,28,32). The third-order valence-electron chi connectivity index (χ3n) is 6.42. The van der Waals surface area contributed by atoms with E-state index in [0.717, 1.165) is 42.8 Å². The van der Waals surface area contributed by atoms with Gasteiger partial charge in [-0.05, 0) is 67.7 Å². The van der Waals surface area contributed by atoms with Crippen molar-refractivity contribution in [3.05, 3.63) is 74.0 Å². The van der Waals surface area contributed by atoms with Crippen LogP contribution in [0.25, 0.3) is 21.7 Å². The Morgan fingerprint density at radius 1 is 1.22 bits per heavy atom. The van der Waals surface area contributed by atoms with Crippen LogP contribution in [0.3, 0.4) is 0 Å². The molecule has 0 radical (unpaired) electrons. The summed E-state index contributed by atoms with van der Waals surface area (Å²) in [6.07, 6.45) is 2.99. The van der Waals surface area contributed by atoms with Gasteiger partial charge in [0.1, 0.15) is 4.70 Å². The number of hydrogen-bond donors (Lipinski definition) is 1. The molecule has 37 heavy (non-hydrogen) atoms. The maximum Gasteiger partial charge on any atom is 0.278 e. The van der Waals surface area contributed by atoms with Crippen molar-refractivity contribution < 1.29 is 9.53 Å². The number of rotatable bonds is 8. The highest BCUT2D eigenvalue weighted by atomic mass is 32.2. The van der Waals surface area contributed by atoms with Gasteiger partial charge in [0.15, 0.2) is 14.8 Å². The molecule has 3 heterocycles. The second-order valence-electron chi connectivity index (χ2n) is 8.93. The number of benzene rings is 2. The van der Waals surface area contributed by atoms with Crippen molar-refractivity contribution in [3.63, 3.8) is 0 Å².